The molecule has 0 saturated carbocycles. The molecule has 1 aromatic heterocycles. The third-order valence-corrected chi connectivity index (χ3v) is 4.21. The van der Waals surface area contributed by atoms with E-state index in [1.54, 1.807) is 6.07 Å². The molecule has 4 aromatic rings. The van der Waals surface area contributed by atoms with Crippen LogP contribution in [0.2, 0.25) is 0 Å². The Balaban J connectivity index is 1.57. The summed E-state index contributed by atoms with van der Waals surface area (Å²) in [6.45, 7) is 0. The summed E-state index contributed by atoms with van der Waals surface area (Å²) in [6, 6.07) is 23.0. The molecule has 3 aromatic carbocycles. The molecule has 4 rings (SSSR count). The molecule has 0 atom stereocenters. The van der Waals surface area contributed by atoms with Crippen LogP contribution in [0.1, 0.15) is 5.56 Å². The van der Waals surface area contributed by atoms with E-state index in [4.69, 9.17) is 0 Å². The number of aromatic amines is 1. The summed E-state index contributed by atoms with van der Waals surface area (Å²) in [5.41, 5.74) is 1.72. The zero-order chi connectivity index (χ0) is 17.2. The SMILES string of the molecule is O=C(Cc1cc2ccccc2[nH]c1=O)Nc1ccc2ccccc2c1. The average Bonchev–Trinajstić information content (AvgIpc) is 2.62. The Bertz CT molecular complexity index is 1150. The molecule has 0 radical (unpaired) electrons. The van der Waals surface area contributed by atoms with Gasteiger partial charge in [-0.25, -0.2) is 0 Å². The van der Waals surface area contributed by atoms with Crippen LogP contribution < -0.4 is 10.9 Å². The minimum absolute atomic E-state index is 0.0347. The van der Waals surface area contributed by atoms with Gasteiger partial charge >= 0.3 is 0 Å². The van der Waals surface area contributed by atoms with Gasteiger partial charge in [0.25, 0.3) is 5.56 Å². The van der Waals surface area contributed by atoms with Crippen molar-refractivity contribution < 1.29 is 4.79 Å². The molecule has 25 heavy (non-hydrogen) atoms. The predicted molar refractivity (Wildman–Crippen MR) is 101 cm³/mol. The van der Waals surface area contributed by atoms with Crippen LogP contribution in [-0.2, 0) is 11.2 Å². The third kappa shape index (κ3) is 3.15. The predicted octanol–water partition coefficient (Wildman–Crippen LogP) is 3.86. The fraction of sp³-hybridized carbons (Fsp3) is 0.0476. The van der Waals surface area contributed by atoms with E-state index in [-0.39, 0.29) is 17.9 Å². The van der Waals surface area contributed by atoms with E-state index in [2.05, 4.69) is 10.3 Å². The molecule has 2 N–H and O–H groups in total. The van der Waals surface area contributed by atoms with E-state index in [9.17, 15) is 9.59 Å². The first-order chi connectivity index (χ1) is 12.2. The van der Waals surface area contributed by atoms with E-state index in [0.29, 0.717) is 5.56 Å². The lowest BCUT2D eigenvalue weighted by molar-refractivity contribution is -0.115. The van der Waals surface area contributed by atoms with Crippen LogP contribution in [0, 0.1) is 0 Å². The van der Waals surface area contributed by atoms with Crippen LogP contribution >= 0.6 is 0 Å². The summed E-state index contributed by atoms with van der Waals surface area (Å²) in [4.78, 5) is 27.3. The lowest BCUT2D eigenvalue weighted by Crippen LogP contribution is -2.21. The summed E-state index contributed by atoms with van der Waals surface area (Å²) in [5, 5.41) is 5.95. The zero-order valence-corrected chi connectivity index (χ0v) is 13.5. The van der Waals surface area contributed by atoms with Crippen LogP contribution in [0.3, 0.4) is 0 Å². The summed E-state index contributed by atoms with van der Waals surface area (Å²) in [5.74, 6) is -0.212. The van der Waals surface area contributed by atoms with E-state index in [1.807, 2.05) is 66.7 Å². The third-order valence-electron chi connectivity index (χ3n) is 4.21. The average molecular weight is 328 g/mol. The van der Waals surface area contributed by atoms with Crippen LogP contribution in [0.5, 0.6) is 0 Å². The number of hydrogen-bond donors (Lipinski definition) is 2. The van der Waals surface area contributed by atoms with Crippen molar-refractivity contribution in [2.75, 3.05) is 5.32 Å². The summed E-state index contributed by atoms with van der Waals surface area (Å²) >= 11 is 0. The van der Waals surface area contributed by atoms with E-state index < -0.39 is 0 Å². The van der Waals surface area contributed by atoms with Gasteiger partial charge in [-0.05, 0) is 40.4 Å². The minimum Gasteiger partial charge on any atom is -0.326 e. The summed E-state index contributed by atoms with van der Waals surface area (Å²) in [7, 11) is 0. The van der Waals surface area contributed by atoms with Gasteiger partial charge in [0.1, 0.15) is 0 Å². The van der Waals surface area contributed by atoms with Crippen molar-refractivity contribution in [1.82, 2.24) is 4.98 Å². The van der Waals surface area contributed by atoms with Crippen molar-refractivity contribution in [3.63, 3.8) is 0 Å². The largest absolute Gasteiger partial charge is 0.326 e. The molecule has 4 nitrogen and oxygen atoms in total. The smallest absolute Gasteiger partial charge is 0.252 e. The van der Waals surface area contributed by atoms with Gasteiger partial charge in [-0.1, -0.05) is 48.5 Å². The maximum atomic E-state index is 12.3. The van der Waals surface area contributed by atoms with Gasteiger partial charge in [-0.3, -0.25) is 9.59 Å². The maximum absolute atomic E-state index is 12.3. The molecular formula is C21H16N2O2. The molecule has 0 aliphatic heterocycles. The Hall–Kier alpha value is -3.40. The standard InChI is InChI=1S/C21H16N2O2/c24-20(22-18-10-9-14-5-1-2-6-15(14)12-18)13-17-11-16-7-3-4-8-19(16)23-21(17)25/h1-12H,13H2,(H,22,24)(H,23,25). The monoisotopic (exact) mass is 328 g/mol. The number of amides is 1. The Morgan fingerprint density at radius 3 is 2.40 bits per heavy atom. The molecule has 0 unspecified atom stereocenters. The van der Waals surface area contributed by atoms with Crippen molar-refractivity contribution in [3.05, 3.63) is 88.7 Å². The highest BCUT2D eigenvalue weighted by molar-refractivity contribution is 5.95. The van der Waals surface area contributed by atoms with Crippen molar-refractivity contribution in [3.8, 4) is 0 Å². The molecular weight excluding hydrogens is 312 g/mol. The molecule has 0 spiro atoms. The van der Waals surface area contributed by atoms with Gasteiger partial charge in [0, 0.05) is 16.8 Å². The van der Waals surface area contributed by atoms with Gasteiger partial charge in [0.05, 0.1) is 6.42 Å². The lowest BCUT2D eigenvalue weighted by Gasteiger charge is -2.07. The van der Waals surface area contributed by atoms with Crippen molar-refractivity contribution in [2.24, 2.45) is 0 Å². The number of aromatic nitrogens is 1. The second kappa shape index (κ2) is 6.24. The molecule has 0 aliphatic carbocycles. The van der Waals surface area contributed by atoms with Gasteiger partial charge < -0.3 is 10.3 Å². The van der Waals surface area contributed by atoms with E-state index in [1.165, 1.54) is 0 Å². The van der Waals surface area contributed by atoms with Crippen molar-refractivity contribution in [1.29, 1.82) is 0 Å². The Labute approximate surface area is 144 Å². The lowest BCUT2D eigenvalue weighted by atomic mass is 10.1. The van der Waals surface area contributed by atoms with Crippen molar-refractivity contribution >= 4 is 33.3 Å². The Kier molecular flexibility index (Phi) is 3.78. The van der Waals surface area contributed by atoms with Gasteiger partial charge in [-0.15, -0.1) is 0 Å². The van der Waals surface area contributed by atoms with Crippen LogP contribution in [0.25, 0.3) is 21.7 Å². The van der Waals surface area contributed by atoms with Crippen molar-refractivity contribution in [2.45, 2.75) is 6.42 Å². The minimum atomic E-state index is -0.229. The second-order valence-electron chi connectivity index (χ2n) is 6.00. The molecule has 0 aliphatic rings. The first kappa shape index (κ1) is 15.1. The number of benzene rings is 3. The number of rotatable bonds is 3. The topological polar surface area (TPSA) is 62.0 Å². The molecule has 1 heterocycles. The quantitative estimate of drug-likeness (QED) is 0.600. The normalized spacial score (nSPS) is 10.9. The number of carbonyl (C=O) groups is 1. The molecule has 4 heteroatoms. The number of para-hydroxylation sites is 1. The highest BCUT2D eigenvalue weighted by Crippen LogP contribution is 2.19. The number of carbonyl (C=O) groups excluding carboxylic acids is 1. The van der Waals surface area contributed by atoms with E-state index >= 15 is 0 Å². The first-order valence-electron chi connectivity index (χ1n) is 8.09. The highest BCUT2D eigenvalue weighted by atomic mass is 16.2. The highest BCUT2D eigenvalue weighted by Gasteiger charge is 2.09. The zero-order valence-electron chi connectivity index (χ0n) is 13.5. The summed E-state index contributed by atoms with van der Waals surface area (Å²) < 4.78 is 0. The second-order valence-corrected chi connectivity index (χ2v) is 6.00. The van der Waals surface area contributed by atoms with Crippen LogP contribution in [0.15, 0.2) is 77.6 Å². The van der Waals surface area contributed by atoms with Gasteiger partial charge in [0.2, 0.25) is 5.91 Å². The Morgan fingerprint density at radius 1 is 0.840 bits per heavy atom. The Morgan fingerprint density at radius 2 is 1.56 bits per heavy atom. The molecule has 1 amide bonds. The molecule has 0 fully saturated rings. The fourth-order valence-corrected chi connectivity index (χ4v) is 2.97. The molecule has 122 valence electrons. The fourth-order valence-electron chi connectivity index (χ4n) is 2.97. The number of anilines is 1. The number of pyridine rings is 1. The van der Waals surface area contributed by atoms with E-state index in [0.717, 1.165) is 27.4 Å². The van der Waals surface area contributed by atoms with Gasteiger partial charge in [-0.2, -0.15) is 0 Å². The van der Waals surface area contributed by atoms with Crippen LogP contribution in [0.4, 0.5) is 5.69 Å². The van der Waals surface area contributed by atoms with Gasteiger partial charge in [0.15, 0.2) is 0 Å². The number of H-pyrrole nitrogens is 1. The maximum Gasteiger partial charge on any atom is 0.252 e. The molecule has 0 bridgehead atoms. The number of hydrogen-bond acceptors (Lipinski definition) is 2. The summed E-state index contributed by atoms with van der Waals surface area (Å²) in [6.07, 6.45) is 0.0347. The van der Waals surface area contributed by atoms with Crippen LogP contribution in [-0.4, -0.2) is 10.9 Å². The number of fused-ring (bicyclic) bond motifs is 2. The molecule has 0 saturated heterocycles. The number of nitrogens with one attached hydrogen (secondary N) is 2. The first-order valence-corrected chi connectivity index (χ1v) is 8.09.